The largest absolute Gasteiger partial charge is 0.496 e. The number of carbonyl (C=O) groups excluding carboxylic acids is 2. The number of methoxy groups -OCH3 is 2. The minimum Gasteiger partial charge on any atom is -0.496 e. The SMILES string of the molecule is COC(=O)[C@@H](Cc1cc(OC)c2ccccc2c1)NC(=O)OCc1ccccc1. The first-order valence-corrected chi connectivity index (χ1v) is 9.21. The summed E-state index contributed by atoms with van der Waals surface area (Å²) in [5.74, 6) is 0.155. The van der Waals surface area contributed by atoms with Crippen LogP contribution in [0.2, 0.25) is 0 Å². The second-order valence-electron chi connectivity index (χ2n) is 6.51. The van der Waals surface area contributed by atoms with Gasteiger partial charge in [0.05, 0.1) is 14.2 Å². The van der Waals surface area contributed by atoms with Gasteiger partial charge in [-0.1, -0.05) is 60.7 Å². The van der Waals surface area contributed by atoms with Crippen LogP contribution in [0, 0.1) is 0 Å². The summed E-state index contributed by atoms with van der Waals surface area (Å²) < 4.78 is 15.6. The molecule has 0 heterocycles. The predicted molar refractivity (Wildman–Crippen MR) is 110 cm³/mol. The number of nitrogens with one attached hydrogen (secondary N) is 1. The fourth-order valence-electron chi connectivity index (χ4n) is 3.10. The van der Waals surface area contributed by atoms with Crippen LogP contribution in [0.1, 0.15) is 11.1 Å². The van der Waals surface area contributed by atoms with Crippen molar-refractivity contribution in [1.82, 2.24) is 5.32 Å². The van der Waals surface area contributed by atoms with E-state index >= 15 is 0 Å². The van der Waals surface area contributed by atoms with Crippen molar-refractivity contribution in [3.8, 4) is 5.75 Å². The van der Waals surface area contributed by atoms with Crippen LogP contribution in [-0.4, -0.2) is 32.3 Å². The molecular weight excluding hydrogens is 370 g/mol. The van der Waals surface area contributed by atoms with Gasteiger partial charge >= 0.3 is 12.1 Å². The van der Waals surface area contributed by atoms with Gasteiger partial charge in [-0.25, -0.2) is 9.59 Å². The third kappa shape index (κ3) is 5.25. The Morgan fingerprint density at radius 3 is 2.38 bits per heavy atom. The summed E-state index contributed by atoms with van der Waals surface area (Å²) in [4.78, 5) is 24.4. The number of hydrogen-bond donors (Lipinski definition) is 1. The van der Waals surface area contributed by atoms with Crippen molar-refractivity contribution in [3.05, 3.63) is 77.9 Å². The van der Waals surface area contributed by atoms with Gasteiger partial charge in [-0.3, -0.25) is 0 Å². The molecule has 0 aliphatic rings. The molecular formula is C23H23NO5. The summed E-state index contributed by atoms with van der Waals surface area (Å²) in [6.07, 6.45) is -0.439. The number of benzene rings is 3. The molecule has 29 heavy (non-hydrogen) atoms. The van der Waals surface area contributed by atoms with Gasteiger partial charge in [-0.05, 0) is 22.6 Å². The molecule has 0 saturated carbocycles. The first kappa shape index (κ1) is 20.2. The van der Waals surface area contributed by atoms with Crippen LogP contribution in [0.5, 0.6) is 5.75 Å². The minimum atomic E-state index is -0.880. The van der Waals surface area contributed by atoms with E-state index in [1.807, 2.05) is 66.7 Å². The molecule has 0 aliphatic heterocycles. The van der Waals surface area contributed by atoms with Gasteiger partial charge < -0.3 is 19.5 Å². The van der Waals surface area contributed by atoms with Crippen molar-refractivity contribution in [2.45, 2.75) is 19.1 Å². The lowest BCUT2D eigenvalue weighted by molar-refractivity contribution is -0.143. The van der Waals surface area contributed by atoms with Gasteiger partial charge in [0, 0.05) is 11.8 Å². The van der Waals surface area contributed by atoms with E-state index in [0.717, 1.165) is 21.9 Å². The van der Waals surface area contributed by atoms with Crippen LogP contribution < -0.4 is 10.1 Å². The third-order valence-electron chi connectivity index (χ3n) is 4.53. The summed E-state index contributed by atoms with van der Waals surface area (Å²) in [6, 6.07) is 20.1. The zero-order valence-corrected chi connectivity index (χ0v) is 16.4. The normalized spacial score (nSPS) is 11.5. The lowest BCUT2D eigenvalue weighted by Gasteiger charge is -2.17. The Balaban J connectivity index is 1.73. The first-order chi connectivity index (χ1) is 14.1. The van der Waals surface area contributed by atoms with Gasteiger partial charge in [-0.2, -0.15) is 0 Å². The maximum absolute atomic E-state index is 12.2. The predicted octanol–water partition coefficient (Wildman–Crippen LogP) is 3.86. The highest BCUT2D eigenvalue weighted by Gasteiger charge is 2.23. The second kappa shape index (κ2) is 9.59. The lowest BCUT2D eigenvalue weighted by Crippen LogP contribution is -2.43. The van der Waals surface area contributed by atoms with Crippen LogP contribution in [0.4, 0.5) is 4.79 Å². The molecule has 0 radical (unpaired) electrons. The number of fused-ring (bicyclic) bond motifs is 1. The molecule has 6 heteroatoms. The van der Waals surface area contributed by atoms with E-state index in [0.29, 0.717) is 5.75 Å². The van der Waals surface area contributed by atoms with E-state index in [4.69, 9.17) is 14.2 Å². The van der Waals surface area contributed by atoms with Crippen molar-refractivity contribution < 1.29 is 23.8 Å². The number of alkyl carbamates (subject to hydrolysis) is 1. The highest BCUT2D eigenvalue weighted by Crippen LogP contribution is 2.28. The Kier molecular flexibility index (Phi) is 6.68. The zero-order chi connectivity index (χ0) is 20.6. The monoisotopic (exact) mass is 393 g/mol. The molecule has 0 bridgehead atoms. The van der Waals surface area contributed by atoms with E-state index in [1.165, 1.54) is 7.11 Å². The Morgan fingerprint density at radius 1 is 0.931 bits per heavy atom. The van der Waals surface area contributed by atoms with E-state index < -0.39 is 18.1 Å². The topological polar surface area (TPSA) is 73.9 Å². The van der Waals surface area contributed by atoms with Gasteiger partial charge in [0.1, 0.15) is 18.4 Å². The fourth-order valence-corrected chi connectivity index (χ4v) is 3.10. The van der Waals surface area contributed by atoms with Crippen LogP contribution in [0.15, 0.2) is 66.7 Å². The number of carbonyl (C=O) groups is 2. The molecule has 0 unspecified atom stereocenters. The van der Waals surface area contributed by atoms with Gasteiger partial charge in [-0.15, -0.1) is 0 Å². The molecule has 0 saturated heterocycles. The van der Waals surface area contributed by atoms with Crippen LogP contribution in [0.3, 0.4) is 0 Å². The fraction of sp³-hybridized carbons (Fsp3) is 0.217. The molecule has 0 fully saturated rings. The molecule has 1 amide bonds. The number of ether oxygens (including phenoxy) is 3. The van der Waals surface area contributed by atoms with Gasteiger partial charge in [0.15, 0.2) is 0 Å². The van der Waals surface area contributed by atoms with Crippen LogP contribution in [0.25, 0.3) is 10.8 Å². The van der Waals surface area contributed by atoms with E-state index in [2.05, 4.69) is 5.32 Å². The van der Waals surface area contributed by atoms with Crippen molar-refractivity contribution >= 4 is 22.8 Å². The molecule has 6 nitrogen and oxygen atoms in total. The molecule has 1 atom stereocenters. The quantitative estimate of drug-likeness (QED) is 0.617. The number of esters is 1. The maximum atomic E-state index is 12.2. The standard InChI is InChI=1S/C23H23NO5/c1-27-21-14-17(12-18-10-6-7-11-19(18)21)13-20(22(25)28-2)24-23(26)29-15-16-8-4-3-5-9-16/h3-12,14,20H,13,15H2,1-2H3,(H,24,26)/t20-/m1/s1. The summed E-state index contributed by atoms with van der Waals surface area (Å²) in [7, 11) is 2.88. The summed E-state index contributed by atoms with van der Waals surface area (Å²) in [6.45, 7) is 0.115. The van der Waals surface area contributed by atoms with E-state index in [-0.39, 0.29) is 13.0 Å². The molecule has 150 valence electrons. The molecule has 1 N–H and O–H groups in total. The third-order valence-corrected chi connectivity index (χ3v) is 4.53. The van der Waals surface area contributed by atoms with Crippen molar-refractivity contribution in [2.24, 2.45) is 0 Å². The average Bonchev–Trinajstić information content (AvgIpc) is 2.76. The maximum Gasteiger partial charge on any atom is 0.408 e. The lowest BCUT2D eigenvalue weighted by atomic mass is 10.0. The Morgan fingerprint density at radius 2 is 1.66 bits per heavy atom. The summed E-state index contributed by atoms with van der Waals surface area (Å²) in [5, 5.41) is 4.55. The summed E-state index contributed by atoms with van der Waals surface area (Å²) in [5.41, 5.74) is 1.69. The first-order valence-electron chi connectivity index (χ1n) is 9.21. The van der Waals surface area contributed by atoms with Crippen molar-refractivity contribution in [3.63, 3.8) is 0 Å². The van der Waals surface area contributed by atoms with E-state index in [9.17, 15) is 9.59 Å². The highest BCUT2D eigenvalue weighted by molar-refractivity contribution is 5.89. The zero-order valence-electron chi connectivity index (χ0n) is 16.4. The van der Waals surface area contributed by atoms with Gasteiger partial charge in [0.25, 0.3) is 0 Å². The summed E-state index contributed by atoms with van der Waals surface area (Å²) >= 11 is 0. The molecule has 3 rings (SSSR count). The number of amides is 1. The Bertz CT molecular complexity index is 987. The van der Waals surface area contributed by atoms with E-state index in [1.54, 1.807) is 7.11 Å². The minimum absolute atomic E-state index is 0.115. The second-order valence-corrected chi connectivity index (χ2v) is 6.51. The number of rotatable bonds is 7. The smallest absolute Gasteiger partial charge is 0.408 e. The molecule has 0 spiro atoms. The number of hydrogen-bond acceptors (Lipinski definition) is 5. The van der Waals surface area contributed by atoms with Crippen molar-refractivity contribution in [2.75, 3.05) is 14.2 Å². The van der Waals surface area contributed by atoms with Crippen molar-refractivity contribution in [1.29, 1.82) is 0 Å². The molecule has 0 aliphatic carbocycles. The Hall–Kier alpha value is -3.54. The van der Waals surface area contributed by atoms with Crippen LogP contribution in [-0.2, 0) is 27.3 Å². The Labute approximate surface area is 169 Å². The molecule has 3 aromatic rings. The van der Waals surface area contributed by atoms with Gasteiger partial charge in [0.2, 0.25) is 0 Å². The van der Waals surface area contributed by atoms with Crippen LogP contribution >= 0.6 is 0 Å². The average molecular weight is 393 g/mol. The highest BCUT2D eigenvalue weighted by atomic mass is 16.6. The molecule has 0 aromatic heterocycles. The molecule has 3 aromatic carbocycles.